The fourth-order valence-corrected chi connectivity index (χ4v) is 2.95. The molecule has 1 N–H and O–H groups in total. The molecule has 0 aromatic rings. The second kappa shape index (κ2) is 8.10. The van der Waals surface area contributed by atoms with Gasteiger partial charge in [0.05, 0.1) is 0 Å². The zero-order valence-electron chi connectivity index (χ0n) is 12.3. The molecule has 1 fully saturated rings. The van der Waals surface area contributed by atoms with E-state index in [2.05, 4.69) is 37.9 Å². The molecule has 2 atom stereocenters. The van der Waals surface area contributed by atoms with Crippen molar-refractivity contribution in [2.45, 2.75) is 71.9 Å². The Morgan fingerprint density at radius 2 is 1.94 bits per heavy atom. The summed E-state index contributed by atoms with van der Waals surface area (Å²) in [4.78, 5) is 2.68. The van der Waals surface area contributed by atoms with Crippen molar-refractivity contribution in [2.75, 3.05) is 19.6 Å². The first kappa shape index (κ1) is 15.0. The van der Waals surface area contributed by atoms with Gasteiger partial charge in [-0.1, -0.05) is 27.2 Å². The quantitative estimate of drug-likeness (QED) is 0.700. The van der Waals surface area contributed by atoms with Crippen LogP contribution in [0.3, 0.4) is 0 Å². The molecule has 0 aliphatic carbocycles. The molecule has 0 radical (unpaired) electrons. The lowest BCUT2D eigenvalue weighted by atomic mass is 10.0. The van der Waals surface area contributed by atoms with Crippen molar-refractivity contribution < 1.29 is 0 Å². The molecule has 1 heterocycles. The second-order valence-electron chi connectivity index (χ2n) is 5.71. The van der Waals surface area contributed by atoms with Crippen LogP contribution in [0.1, 0.15) is 59.8 Å². The van der Waals surface area contributed by atoms with Gasteiger partial charge in [-0.2, -0.15) is 0 Å². The molecule has 0 aromatic heterocycles. The minimum atomic E-state index is 0.706. The Hall–Kier alpha value is -0.0800. The maximum Gasteiger partial charge on any atom is 0.0192 e. The molecule has 17 heavy (non-hydrogen) atoms. The number of nitrogens with one attached hydrogen (secondary N) is 1. The van der Waals surface area contributed by atoms with Gasteiger partial charge in [0, 0.05) is 25.2 Å². The smallest absolute Gasteiger partial charge is 0.0192 e. The molecule has 0 amide bonds. The Balaban J connectivity index is 2.22. The first-order valence-electron chi connectivity index (χ1n) is 7.68. The highest BCUT2D eigenvalue weighted by molar-refractivity contribution is 4.81. The fourth-order valence-electron chi connectivity index (χ4n) is 2.95. The van der Waals surface area contributed by atoms with Crippen molar-refractivity contribution in [2.24, 2.45) is 5.92 Å². The predicted molar refractivity (Wildman–Crippen MR) is 76.4 cm³/mol. The minimum absolute atomic E-state index is 0.706. The summed E-state index contributed by atoms with van der Waals surface area (Å²) < 4.78 is 0. The van der Waals surface area contributed by atoms with Crippen molar-refractivity contribution in [1.82, 2.24) is 10.2 Å². The molecule has 0 bridgehead atoms. The first-order chi connectivity index (χ1) is 8.21. The van der Waals surface area contributed by atoms with Crippen LogP contribution in [0.15, 0.2) is 0 Å². The van der Waals surface area contributed by atoms with Gasteiger partial charge in [-0.15, -0.1) is 0 Å². The maximum atomic E-state index is 3.70. The molecule has 0 aromatic carbocycles. The van der Waals surface area contributed by atoms with Gasteiger partial charge in [-0.3, -0.25) is 4.90 Å². The topological polar surface area (TPSA) is 15.3 Å². The van der Waals surface area contributed by atoms with Gasteiger partial charge in [-0.05, 0) is 45.1 Å². The van der Waals surface area contributed by atoms with Crippen LogP contribution in [0.5, 0.6) is 0 Å². The molecule has 2 heteroatoms. The highest BCUT2D eigenvalue weighted by Gasteiger charge is 2.25. The van der Waals surface area contributed by atoms with E-state index < -0.39 is 0 Å². The van der Waals surface area contributed by atoms with Crippen LogP contribution in [0, 0.1) is 5.92 Å². The number of hydrogen-bond acceptors (Lipinski definition) is 2. The van der Waals surface area contributed by atoms with E-state index in [0.29, 0.717) is 12.1 Å². The highest BCUT2D eigenvalue weighted by Crippen LogP contribution is 2.22. The summed E-state index contributed by atoms with van der Waals surface area (Å²) >= 11 is 0. The number of nitrogens with zero attached hydrogens (tertiary/aromatic N) is 1. The molecular weight excluding hydrogens is 208 g/mol. The van der Waals surface area contributed by atoms with Crippen LogP contribution >= 0.6 is 0 Å². The summed E-state index contributed by atoms with van der Waals surface area (Å²) in [6.45, 7) is 13.0. The second-order valence-corrected chi connectivity index (χ2v) is 5.71. The molecule has 102 valence electrons. The Labute approximate surface area is 108 Å². The lowest BCUT2D eigenvalue weighted by Crippen LogP contribution is -2.42. The van der Waals surface area contributed by atoms with E-state index in [1.807, 2.05) is 0 Å². The van der Waals surface area contributed by atoms with Crippen molar-refractivity contribution in [3.05, 3.63) is 0 Å². The average Bonchev–Trinajstić information content (AvgIpc) is 2.79. The third-order valence-electron chi connectivity index (χ3n) is 4.33. The van der Waals surface area contributed by atoms with Crippen LogP contribution < -0.4 is 5.32 Å². The van der Waals surface area contributed by atoms with Crippen LogP contribution in [0.2, 0.25) is 0 Å². The van der Waals surface area contributed by atoms with Crippen molar-refractivity contribution in [3.63, 3.8) is 0 Å². The monoisotopic (exact) mass is 240 g/mol. The van der Waals surface area contributed by atoms with Crippen molar-refractivity contribution in [3.8, 4) is 0 Å². The fraction of sp³-hybridized carbons (Fsp3) is 1.00. The number of rotatable bonds is 8. The largest absolute Gasteiger partial charge is 0.312 e. The molecule has 2 nitrogen and oxygen atoms in total. The summed E-state index contributed by atoms with van der Waals surface area (Å²) in [7, 11) is 0. The van der Waals surface area contributed by atoms with Crippen LogP contribution in [0.25, 0.3) is 0 Å². The van der Waals surface area contributed by atoms with Gasteiger partial charge in [0.15, 0.2) is 0 Å². The van der Waals surface area contributed by atoms with E-state index in [4.69, 9.17) is 0 Å². The van der Waals surface area contributed by atoms with E-state index in [-0.39, 0.29) is 0 Å². The summed E-state index contributed by atoms with van der Waals surface area (Å²) in [6.07, 6.45) is 6.69. The Kier molecular flexibility index (Phi) is 7.14. The van der Waals surface area contributed by atoms with Gasteiger partial charge in [-0.25, -0.2) is 0 Å². The maximum absolute atomic E-state index is 3.70. The Morgan fingerprint density at radius 1 is 1.24 bits per heavy atom. The van der Waals surface area contributed by atoms with E-state index in [0.717, 1.165) is 12.5 Å². The van der Waals surface area contributed by atoms with Crippen LogP contribution in [-0.4, -0.2) is 36.6 Å². The lowest BCUT2D eigenvalue weighted by molar-refractivity contribution is 0.234. The molecular formula is C15H32N2. The van der Waals surface area contributed by atoms with Gasteiger partial charge in [0.1, 0.15) is 0 Å². The SMILES string of the molecule is CCCC1CCN(C(C)CNC(CC)CC)C1. The van der Waals surface area contributed by atoms with Crippen molar-refractivity contribution in [1.29, 1.82) is 0 Å². The Bertz CT molecular complexity index is 189. The lowest BCUT2D eigenvalue weighted by Gasteiger charge is -2.26. The van der Waals surface area contributed by atoms with Crippen LogP contribution in [-0.2, 0) is 0 Å². The molecule has 0 saturated carbocycles. The molecule has 1 aliphatic heterocycles. The van der Waals surface area contributed by atoms with E-state index >= 15 is 0 Å². The predicted octanol–water partition coefficient (Wildman–Crippen LogP) is 3.28. The Morgan fingerprint density at radius 3 is 2.53 bits per heavy atom. The molecule has 1 rings (SSSR count). The molecule has 1 saturated heterocycles. The van der Waals surface area contributed by atoms with Crippen LogP contribution in [0.4, 0.5) is 0 Å². The molecule has 2 unspecified atom stereocenters. The highest BCUT2D eigenvalue weighted by atomic mass is 15.2. The number of likely N-dealkylation sites (tertiary alicyclic amines) is 1. The normalized spacial score (nSPS) is 23.5. The van der Waals surface area contributed by atoms with Gasteiger partial charge in [0.2, 0.25) is 0 Å². The van der Waals surface area contributed by atoms with Gasteiger partial charge >= 0.3 is 0 Å². The first-order valence-corrected chi connectivity index (χ1v) is 7.68. The van der Waals surface area contributed by atoms with Gasteiger partial charge < -0.3 is 5.32 Å². The molecule has 0 spiro atoms. The third-order valence-corrected chi connectivity index (χ3v) is 4.33. The summed E-state index contributed by atoms with van der Waals surface area (Å²) in [5, 5.41) is 3.70. The molecule has 1 aliphatic rings. The van der Waals surface area contributed by atoms with E-state index in [1.165, 1.54) is 45.2 Å². The third kappa shape index (κ3) is 4.97. The minimum Gasteiger partial charge on any atom is -0.312 e. The standard InChI is InChI=1S/C15H32N2/c1-5-8-14-9-10-17(12-14)13(4)11-16-15(6-2)7-3/h13-16H,5-12H2,1-4H3. The van der Waals surface area contributed by atoms with E-state index in [1.54, 1.807) is 0 Å². The van der Waals surface area contributed by atoms with Gasteiger partial charge in [0.25, 0.3) is 0 Å². The van der Waals surface area contributed by atoms with Crippen molar-refractivity contribution >= 4 is 0 Å². The zero-order valence-corrected chi connectivity index (χ0v) is 12.3. The summed E-state index contributed by atoms with van der Waals surface area (Å²) in [6, 6.07) is 1.42. The van der Waals surface area contributed by atoms with E-state index in [9.17, 15) is 0 Å². The average molecular weight is 240 g/mol. The summed E-state index contributed by atoms with van der Waals surface area (Å²) in [5.41, 5.74) is 0. The summed E-state index contributed by atoms with van der Waals surface area (Å²) in [5.74, 6) is 0.968. The number of hydrogen-bond donors (Lipinski definition) is 1. The zero-order chi connectivity index (χ0) is 12.7.